The van der Waals surface area contributed by atoms with Crippen LogP contribution < -0.4 is 0 Å². The zero-order valence-corrected chi connectivity index (χ0v) is 19.4. The van der Waals surface area contributed by atoms with Gasteiger partial charge in [0.25, 0.3) is 0 Å². The van der Waals surface area contributed by atoms with Gasteiger partial charge >= 0.3 is 7.25 Å². The van der Waals surface area contributed by atoms with Gasteiger partial charge in [0, 0.05) is 0 Å². The lowest BCUT2D eigenvalue weighted by atomic mass is 9.44. The molecule has 0 radical (unpaired) electrons. The number of fused-ring (bicyclic) bond motifs is 4. The molecule has 0 amide bonds. The van der Waals surface area contributed by atoms with Gasteiger partial charge in [-0.15, -0.1) is 0 Å². The van der Waals surface area contributed by atoms with E-state index < -0.39 is 7.25 Å². The minimum atomic E-state index is -6.00. The first-order valence-electron chi connectivity index (χ1n) is 11.9. The van der Waals surface area contributed by atoms with E-state index in [-0.39, 0.29) is 0 Å². The van der Waals surface area contributed by atoms with E-state index in [0.717, 1.165) is 47.6 Å². The average Bonchev–Trinajstić information content (AvgIpc) is 3.09. The Morgan fingerprint density at radius 1 is 0.833 bits per heavy atom. The molecule has 0 N–H and O–H groups in total. The van der Waals surface area contributed by atoms with Gasteiger partial charge in [0.05, 0.1) is 12.1 Å². The van der Waals surface area contributed by atoms with E-state index >= 15 is 0 Å². The normalized spacial score (nSPS) is 45.5. The summed E-state index contributed by atoms with van der Waals surface area (Å²) < 4.78 is 41.8. The monoisotopic (exact) mass is 430 g/mol. The van der Waals surface area contributed by atoms with Crippen LogP contribution in [0.25, 0.3) is 0 Å². The lowest BCUT2D eigenvalue weighted by Crippen LogP contribution is -2.60. The van der Waals surface area contributed by atoms with Crippen LogP contribution in [0.3, 0.4) is 0 Å². The van der Waals surface area contributed by atoms with Crippen LogP contribution in [0.2, 0.25) is 0 Å². The highest BCUT2D eigenvalue weighted by Crippen LogP contribution is 2.63. The van der Waals surface area contributed by atoms with Crippen LogP contribution in [0.1, 0.15) is 67.2 Å². The average molecular weight is 430 g/mol. The minimum absolute atomic E-state index is 0.611. The predicted octanol–water partition coefficient (Wildman–Crippen LogP) is 5.78. The highest BCUT2D eigenvalue weighted by Gasteiger charge is 2.60. The van der Waals surface area contributed by atoms with Crippen LogP contribution >= 0.6 is 0 Å². The zero-order chi connectivity index (χ0) is 22.2. The smallest absolute Gasteiger partial charge is 0.418 e. The Balaban J connectivity index is 0.000000393. The summed E-state index contributed by atoms with van der Waals surface area (Å²) in [5.41, 5.74) is 1.22. The molecule has 6 aliphatic carbocycles. The summed E-state index contributed by atoms with van der Waals surface area (Å²) >= 11 is 0. The van der Waals surface area contributed by atoms with Crippen molar-refractivity contribution in [2.45, 2.75) is 79.3 Å². The Morgan fingerprint density at radius 3 is 1.80 bits per heavy atom. The Bertz CT molecular complexity index is 698. The summed E-state index contributed by atoms with van der Waals surface area (Å²) in [5, 5.41) is 0. The number of hydrogen-bond acceptors (Lipinski definition) is 1. The molecule has 30 heavy (non-hydrogen) atoms. The highest BCUT2D eigenvalue weighted by molar-refractivity contribution is 6.50. The zero-order valence-electron chi connectivity index (χ0n) is 19.4. The van der Waals surface area contributed by atoms with E-state index in [4.69, 9.17) is 0 Å². The van der Waals surface area contributed by atoms with Crippen molar-refractivity contribution in [1.29, 1.82) is 0 Å². The molecular weight excluding hydrogens is 391 g/mol. The van der Waals surface area contributed by atoms with E-state index in [1.54, 1.807) is 0 Å². The van der Waals surface area contributed by atoms with Crippen molar-refractivity contribution in [3.8, 4) is 0 Å². The first-order chi connectivity index (χ1) is 13.7. The molecule has 4 bridgehead atoms. The summed E-state index contributed by atoms with van der Waals surface area (Å²) in [6.45, 7) is 17.7. The molecule has 0 aromatic heterocycles. The van der Waals surface area contributed by atoms with Crippen LogP contribution in [0, 0.1) is 46.3 Å². The third-order valence-electron chi connectivity index (χ3n) is 10.4. The highest BCUT2D eigenvalue weighted by atomic mass is 19.5. The molecule has 0 saturated heterocycles. The topological polar surface area (TPSA) is 6.25 Å². The fourth-order valence-corrected chi connectivity index (χ4v) is 8.16. The van der Waals surface area contributed by atoms with Gasteiger partial charge in [-0.05, 0) is 72.0 Å². The van der Waals surface area contributed by atoms with Gasteiger partial charge in [-0.2, -0.15) is 0 Å². The second-order valence-corrected chi connectivity index (χ2v) is 12.1. The van der Waals surface area contributed by atoms with Crippen LogP contribution in [0.5, 0.6) is 0 Å². The van der Waals surface area contributed by atoms with E-state index in [9.17, 15) is 17.3 Å². The Labute approximate surface area is 179 Å². The molecule has 0 unspecified atom stereocenters. The molecule has 8 atom stereocenters. The van der Waals surface area contributed by atoms with Gasteiger partial charge in [0.2, 0.25) is 6.34 Å². The van der Waals surface area contributed by atoms with Gasteiger partial charge in [-0.25, -0.2) is 0 Å². The molecular formula is C23H39BF4N2. The maximum atomic E-state index is 9.75. The number of hydrogen-bond donors (Lipinski definition) is 0. The summed E-state index contributed by atoms with van der Waals surface area (Å²) in [5.74, 6) is 5.60. The standard InChI is InChI=1S/C23H39N2.BF4/c1-14-18-9-16(22(18,3)4)11-20(14)24-7-8-25(13-24)21-12-17-10-19(15(21)2)23(17,5)6;2-1(3,4)5/h13-21H,7-12H2,1-6H3;/q+1;-1/t14-,15-,16+,17+,18-,19-,20-,21-;/m1./s1. The molecule has 0 spiro atoms. The Hall–Kier alpha value is -0.745. The maximum Gasteiger partial charge on any atom is 0.673 e. The van der Waals surface area contributed by atoms with Crippen LogP contribution in [0.15, 0.2) is 0 Å². The fraction of sp³-hybridized carbons (Fsp3) is 0.957. The van der Waals surface area contributed by atoms with Crippen LogP contribution in [0.4, 0.5) is 17.3 Å². The van der Waals surface area contributed by atoms with Gasteiger partial charge in [-0.1, -0.05) is 41.5 Å². The maximum absolute atomic E-state index is 9.75. The van der Waals surface area contributed by atoms with Gasteiger partial charge in [0.15, 0.2) is 0 Å². The molecule has 2 nitrogen and oxygen atoms in total. The van der Waals surface area contributed by atoms with E-state index in [1.807, 2.05) is 0 Å². The molecule has 7 heteroatoms. The molecule has 7 rings (SSSR count). The van der Waals surface area contributed by atoms with Crippen molar-refractivity contribution in [2.24, 2.45) is 46.3 Å². The second kappa shape index (κ2) is 7.13. The molecule has 0 aromatic carbocycles. The van der Waals surface area contributed by atoms with Crippen LogP contribution in [-0.2, 0) is 0 Å². The quantitative estimate of drug-likeness (QED) is 0.306. The SMILES string of the molecule is C[C@H]1[C@H](N2C=[N+]([C@@H]3C[C@@H]4C[C@H]([C@H]3C)C4(C)C)CC2)C[C@@H]2C[C@H]1C2(C)C.F[B-](F)(F)F. The molecule has 1 heterocycles. The van der Waals surface area contributed by atoms with Crippen LogP contribution in [-0.4, -0.2) is 48.2 Å². The summed E-state index contributed by atoms with van der Waals surface area (Å²) in [7, 11) is -6.00. The van der Waals surface area contributed by atoms with Crippen molar-refractivity contribution in [3.63, 3.8) is 0 Å². The lowest BCUT2D eigenvalue weighted by Gasteiger charge is -2.61. The third kappa shape index (κ3) is 3.60. The number of nitrogens with zero attached hydrogens (tertiary/aromatic N) is 2. The lowest BCUT2D eigenvalue weighted by molar-refractivity contribution is -0.576. The molecule has 7 aliphatic rings. The van der Waals surface area contributed by atoms with Gasteiger partial charge < -0.3 is 17.3 Å². The van der Waals surface area contributed by atoms with Crippen molar-refractivity contribution >= 4 is 13.6 Å². The summed E-state index contributed by atoms with van der Waals surface area (Å²) in [6, 6.07) is 1.62. The van der Waals surface area contributed by atoms with Gasteiger partial charge in [0.1, 0.15) is 13.1 Å². The fourth-order valence-electron chi connectivity index (χ4n) is 8.16. The Morgan fingerprint density at radius 2 is 1.33 bits per heavy atom. The molecule has 6 saturated carbocycles. The third-order valence-corrected chi connectivity index (χ3v) is 10.4. The largest absolute Gasteiger partial charge is 0.673 e. The second-order valence-electron chi connectivity index (χ2n) is 12.1. The van der Waals surface area contributed by atoms with Gasteiger partial charge in [-0.3, -0.25) is 9.48 Å². The van der Waals surface area contributed by atoms with Crippen molar-refractivity contribution < 1.29 is 21.8 Å². The van der Waals surface area contributed by atoms with Crippen molar-refractivity contribution in [3.05, 3.63) is 0 Å². The molecule has 172 valence electrons. The Kier molecular flexibility index (Phi) is 5.34. The van der Waals surface area contributed by atoms with E-state index in [1.165, 1.54) is 38.8 Å². The first kappa shape index (κ1) is 22.4. The number of halogens is 4. The molecule has 0 aromatic rings. The summed E-state index contributed by atoms with van der Waals surface area (Å²) in [6.07, 6.45) is 8.46. The van der Waals surface area contributed by atoms with Crippen molar-refractivity contribution in [1.82, 2.24) is 4.90 Å². The number of rotatable bonds is 2. The van der Waals surface area contributed by atoms with E-state index in [2.05, 4.69) is 57.4 Å². The summed E-state index contributed by atoms with van der Waals surface area (Å²) in [4.78, 5) is 2.76. The first-order valence-corrected chi connectivity index (χ1v) is 11.9. The van der Waals surface area contributed by atoms with Crippen molar-refractivity contribution in [2.75, 3.05) is 13.1 Å². The van der Waals surface area contributed by atoms with E-state index in [0.29, 0.717) is 10.8 Å². The molecule has 6 fully saturated rings. The molecule has 1 aliphatic heterocycles. The predicted molar refractivity (Wildman–Crippen MR) is 114 cm³/mol. The minimum Gasteiger partial charge on any atom is -0.418 e.